The minimum absolute atomic E-state index is 0.350. The van der Waals surface area contributed by atoms with Crippen molar-refractivity contribution in [2.45, 2.75) is 6.42 Å². The summed E-state index contributed by atoms with van der Waals surface area (Å²) >= 11 is 10.4. The average molecular weight is 204 g/mol. The topological polar surface area (TPSA) is 26.0 Å². The minimum atomic E-state index is -0.355. The highest BCUT2D eigenvalue weighted by atomic mass is 35.5. The third-order valence-corrected chi connectivity index (χ3v) is 1.88. The van der Waals surface area contributed by atoms with Crippen LogP contribution in [0.4, 0.5) is 4.39 Å². The summed E-state index contributed by atoms with van der Waals surface area (Å²) in [6, 6.07) is 4.16. The fraction of sp³-hybridized carbons (Fsp3) is 0.125. The van der Waals surface area contributed by atoms with Crippen LogP contribution in [0.1, 0.15) is 5.56 Å². The number of thiocarbonyl (C=S) groups is 1. The molecule has 0 bridgehead atoms. The molecular weight excluding hydrogens is 197 g/mol. The molecule has 0 unspecified atom stereocenters. The Kier molecular flexibility index (Phi) is 3.00. The lowest BCUT2D eigenvalue weighted by Gasteiger charge is -2.01. The Morgan fingerprint density at radius 1 is 1.58 bits per heavy atom. The predicted octanol–water partition coefficient (Wildman–Crippen LogP) is 2.31. The Hall–Kier alpha value is -0.670. The molecule has 0 aliphatic heterocycles. The molecular formula is C8H7ClFNS. The first-order valence-corrected chi connectivity index (χ1v) is 4.10. The number of nitrogens with two attached hydrogens (primary N) is 1. The molecule has 1 nitrogen and oxygen atoms in total. The van der Waals surface area contributed by atoms with Gasteiger partial charge in [-0.1, -0.05) is 29.9 Å². The summed E-state index contributed by atoms with van der Waals surface area (Å²) < 4.78 is 12.5. The number of hydrogen-bond acceptors (Lipinski definition) is 1. The standard InChI is InChI=1S/C8H7ClFNS/c9-7-4-6(10)2-1-5(7)3-8(11)12/h1-2,4H,3H2,(H2,11,12). The van der Waals surface area contributed by atoms with Gasteiger partial charge in [-0.25, -0.2) is 4.39 Å². The Labute approximate surface area is 80.3 Å². The normalized spacial score (nSPS) is 9.83. The number of benzene rings is 1. The van der Waals surface area contributed by atoms with E-state index in [0.717, 1.165) is 5.56 Å². The highest BCUT2D eigenvalue weighted by Crippen LogP contribution is 2.17. The molecule has 64 valence electrons. The third-order valence-electron chi connectivity index (χ3n) is 1.38. The first kappa shape index (κ1) is 9.42. The van der Waals surface area contributed by atoms with E-state index >= 15 is 0 Å². The summed E-state index contributed by atoms with van der Waals surface area (Å²) in [7, 11) is 0. The van der Waals surface area contributed by atoms with Gasteiger partial charge < -0.3 is 5.73 Å². The van der Waals surface area contributed by atoms with Gasteiger partial charge in [0.05, 0.1) is 4.99 Å². The quantitative estimate of drug-likeness (QED) is 0.747. The summed E-state index contributed by atoms with van der Waals surface area (Å²) in [4.78, 5) is 0.350. The molecule has 12 heavy (non-hydrogen) atoms. The van der Waals surface area contributed by atoms with E-state index in [1.807, 2.05) is 0 Å². The summed E-state index contributed by atoms with van der Waals surface area (Å²) in [5.74, 6) is -0.355. The van der Waals surface area contributed by atoms with Crippen LogP contribution in [0.15, 0.2) is 18.2 Å². The molecule has 4 heteroatoms. The molecule has 0 aliphatic carbocycles. The second kappa shape index (κ2) is 3.83. The molecule has 0 amide bonds. The maximum atomic E-state index is 12.5. The summed E-state index contributed by atoms with van der Waals surface area (Å²) in [6.07, 6.45) is 0.411. The lowest BCUT2D eigenvalue weighted by molar-refractivity contribution is 0.627. The molecule has 0 heterocycles. The van der Waals surface area contributed by atoms with Crippen LogP contribution < -0.4 is 5.73 Å². The Morgan fingerprint density at radius 3 is 2.75 bits per heavy atom. The van der Waals surface area contributed by atoms with Gasteiger partial charge in [-0.3, -0.25) is 0 Å². The van der Waals surface area contributed by atoms with E-state index in [1.54, 1.807) is 6.07 Å². The van der Waals surface area contributed by atoms with Crippen molar-refractivity contribution in [2.24, 2.45) is 5.73 Å². The van der Waals surface area contributed by atoms with Gasteiger partial charge in [0.25, 0.3) is 0 Å². The van der Waals surface area contributed by atoms with E-state index in [9.17, 15) is 4.39 Å². The van der Waals surface area contributed by atoms with Crippen LogP contribution in [0.25, 0.3) is 0 Å². The fourth-order valence-corrected chi connectivity index (χ4v) is 1.24. The molecule has 0 fully saturated rings. The highest BCUT2D eigenvalue weighted by Gasteiger charge is 2.02. The van der Waals surface area contributed by atoms with E-state index in [0.29, 0.717) is 16.4 Å². The zero-order valence-corrected chi connectivity index (χ0v) is 7.75. The zero-order valence-electron chi connectivity index (χ0n) is 6.18. The van der Waals surface area contributed by atoms with E-state index in [2.05, 4.69) is 0 Å². The minimum Gasteiger partial charge on any atom is -0.393 e. The molecule has 0 saturated carbocycles. The molecule has 0 saturated heterocycles. The van der Waals surface area contributed by atoms with Gasteiger partial charge >= 0.3 is 0 Å². The van der Waals surface area contributed by atoms with Gasteiger partial charge in [0.2, 0.25) is 0 Å². The van der Waals surface area contributed by atoms with Crippen molar-refractivity contribution in [1.29, 1.82) is 0 Å². The van der Waals surface area contributed by atoms with Crippen molar-refractivity contribution in [3.63, 3.8) is 0 Å². The van der Waals surface area contributed by atoms with Crippen LogP contribution in [0.3, 0.4) is 0 Å². The predicted molar refractivity (Wildman–Crippen MR) is 51.9 cm³/mol. The number of hydrogen-bond donors (Lipinski definition) is 1. The molecule has 1 rings (SSSR count). The van der Waals surface area contributed by atoms with Gasteiger partial charge in [0, 0.05) is 11.4 Å². The zero-order chi connectivity index (χ0) is 9.14. The molecule has 0 atom stereocenters. The van der Waals surface area contributed by atoms with E-state index in [1.165, 1.54) is 12.1 Å². The van der Waals surface area contributed by atoms with E-state index < -0.39 is 0 Å². The van der Waals surface area contributed by atoms with Gasteiger partial charge in [0.1, 0.15) is 5.82 Å². The summed E-state index contributed by atoms with van der Waals surface area (Å²) in [5.41, 5.74) is 6.07. The molecule has 0 spiro atoms. The maximum absolute atomic E-state index is 12.5. The van der Waals surface area contributed by atoms with E-state index in [4.69, 9.17) is 29.6 Å². The molecule has 0 aliphatic rings. The van der Waals surface area contributed by atoms with E-state index in [-0.39, 0.29) is 5.82 Å². The highest BCUT2D eigenvalue weighted by molar-refractivity contribution is 7.80. The second-order valence-corrected chi connectivity index (χ2v) is 3.31. The summed E-state index contributed by atoms with van der Waals surface area (Å²) in [6.45, 7) is 0. The number of rotatable bonds is 2. The van der Waals surface area contributed by atoms with Crippen molar-refractivity contribution in [3.8, 4) is 0 Å². The fourth-order valence-electron chi connectivity index (χ4n) is 0.853. The summed E-state index contributed by atoms with van der Waals surface area (Å²) in [5, 5.41) is 0.364. The maximum Gasteiger partial charge on any atom is 0.124 e. The van der Waals surface area contributed by atoms with Gasteiger partial charge in [0.15, 0.2) is 0 Å². The lowest BCUT2D eigenvalue weighted by atomic mass is 10.1. The Balaban J connectivity index is 2.93. The van der Waals surface area contributed by atoms with Crippen LogP contribution in [-0.4, -0.2) is 4.99 Å². The van der Waals surface area contributed by atoms with Gasteiger partial charge in [-0.15, -0.1) is 0 Å². The van der Waals surface area contributed by atoms with Crippen molar-refractivity contribution >= 4 is 28.8 Å². The molecule has 1 aromatic carbocycles. The molecule has 2 N–H and O–H groups in total. The van der Waals surface area contributed by atoms with Crippen molar-refractivity contribution in [1.82, 2.24) is 0 Å². The van der Waals surface area contributed by atoms with Gasteiger partial charge in [-0.2, -0.15) is 0 Å². The number of halogens is 2. The van der Waals surface area contributed by atoms with Crippen molar-refractivity contribution in [2.75, 3.05) is 0 Å². The van der Waals surface area contributed by atoms with Crippen LogP contribution in [0, 0.1) is 5.82 Å². The monoisotopic (exact) mass is 203 g/mol. The second-order valence-electron chi connectivity index (χ2n) is 2.38. The first-order chi connectivity index (χ1) is 5.59. The Morgan fingerprint density at radius 2 is 2.25 bits per heavy atom. The largest absolute Gasteiger partial charge is 0.393 e. The van der Waals surface area contributed by atoms with Crippen LogP contribution in [0.5, 0.6) is 0 Å². The Bertz CT molecular complexity index is 314. The van der Waals surface area contributed by atoms with Crippen molar-refractivity contribution in [3.05, 3.63) is 34.6 Å². The smallest absolute Gasteiger partial charge is 0.124 e. The first-order valence-electron chi connectivity index (χ1n) is 3.32. The third kappa shape index (κ3) is 2.43. The average Bonchev–Trinajstić information content (AvgIpc) is 1.94. The van der Waals surface area contributed by atoms with Crippen LogP contribution in [-0.2, 0) is 6.42 Å². The van der Waals surface area contributed by atoms with Crippen LogP contribution in [0.2, 0.25) is 5.02 Å². The van der Waals surface area contributed by atoms with Crippen molar-refractivity contribution < 1.29 is 4.39 Å². The molecule has 0 aromatic heterocycles. The van der Waals surface area contributed by atoms with Gasteiger partial charge in [-0.05, 0) is 17.7 Å². The van der Waals surface area contributed by atoms with Crippen LogP contribution >= 0.6 is 23.8 Å². The molecule has 0 radical (unpaired) electrons. The SMILES string of the molecule is NC(=S)Cc1ccc(F)cc1Cl. The lowest BCUT2D eigenvalue weighted by Crippen LogP contribution is -2.11. The molecule has 1 aromatic rings.